The molecule has 0 aliphatic heterocycles. The van der Waals surface area contributed by atoms with Crippen LogP contribution in [0.3, 0.4) is 0 Å². The van der Waals surface area contributed by atoms with Crippen LogP contribution in [0.15, 0.2) is 24.3 Å². The Hall–Kier alpha value is -1.76. The van der Waals surface area contributed by atoms with Crippen molar-refractivity contribution in [3.63, 3.8) is 0 Å². The third kappa shape index (κ3) is 5.26. The molecule has 0 heterocycles. The Labute approximate surface area is 125 Å². The summed E-state index contributed by atoms with van der Waals surface area (Å²) in [5, 5.41) is 5.63. The quantitative estimate of drug-likeness (QED) is 0.798. The largest absolute Gasteiger partial charge is 0.335 e. The van der Waals surface area contributed by atoms with Gasteiger partial charge in [-0.3, -0.25) is 4.72 Å². The molecule has 1 saturated carbocycles. The number of carbonyl (C=O) groups excluding carboxylic acids is 1. The van der Waals surface area contributed by atoms with Gasteiger partial charge in [0.05, 0.1) is 17.6 Å². The smallest absolute Gasteiger partial charge is 0.319 e. The molecule has 1 fully saturated rings. The van der Waals surface area contributed by atoms with Crippen molar-refractivity contribution in [1.29, 1.82) is 0 Å². The number of para-hydroxylation sites is 2. The van der Waals surface area contributed by atoms with E-state index in [1.165, 1.54) is 6.42 Å². The summed E-state index contributed by atoms with van der Waals surface area (Å²) in [5.74, 6) is 0. The molecule has 0 aromatic heterocycles. The second kappa shape index (κ2) is 6.80. The van der Waals surface area contributed by atoms with Gasteiger partial charge in [-0.2, -0.15) is 0 Å². The van der Waals surface area contributed by atoms with Crippen molar-refractivity contribution in [1.82, 2.24) is 5.32 Å². The SMILES string of the molecule is CS(=O)(=O)Nc1ccccc1NC(=O)NC1CCCCC1. The van der Waals surface area contributed by atoms with Crippen LogP contribution in [0.5, 0.6) is 0 Å². The number of hydrogen-bond donors (Lipinski definition) is 3. The first-order valence-electron chi connectivity index (χ1n) is 7.08. The van der Waals surface area contributed by atoms with E-state index < -0.39 is 10.0 Å². The summed E-state index contributed by atoms with van der Waals surface area (Å²) in [4.78, 5) is 12.0. The lowest BCUT2D eigenvalue weighted by atomic mass is 9.96. The molecule has 0 unspecified atom stereocenters. The van der Waals surface area contributed by atoms with Gasteiger partial charge in [0.1, 0.15) is 0 Å². The summed E-state index contributed by atoms with van der Waals surface area (Å²) in [6.07, 6.45) is 6.56. The molecule has 21 heavy (non-hydrogen) atoms. The first-order valence-corrected chi connectivity index (χ1v) is 8.97. The van der Waals surface area contributed by atoms with Gasteiger partial charge in [-0.1, -0.05) is 31.4 Å². The number of hydrogen-bond acceptors (Lipinski definition) is 3. The number of rotatable bonds is 4. The van der Waals surface area contributed by atoms with E-state index in [-0.39, 0.29) is 12.1 Å². The van der Waals surface area contributed by atoms with Crippen molar-refractivity contribution in [2.75, 3.05) is 16.3 Å². The molecule has 0 saturated heterocycles. The van der Waals surface area contributed by atoms with Gasteiger partial charge < -0.3 is 10.6 Å². The van der Waals surface area contributed by atoms with Crippen LogP contribution in [-0.2, 0) is 10.0 Å². The Bertz CT molecular complexity index is 595. The molecule has 3 N–H and O–H groups in total. The number of anilines is 2. The van der Waals surface area contributed by atoms with Crippen LogP contribution in [-0.4, -0.2) is 26.7 Å². The predicted octanol–water partition coefficient (Wildman–Crippen LogP) is 2.51. The molecular weight excluding hydrogens is 290 g/mol. The minimum atomic E-state index is -3.38. The standard InChI is InChI=1S/C14H21N3O3S/c1-21(19,20)17-13-10-6-5-9-12(13)16-14(18)15-11-7-3-2-4-8-11/h5-6,9-11,17H,2-4,7-8H2,1H3,(H2,15,16,18). The van der Waals surface area contributed by atoms with Crippen LogP contribution in [0.4, 0.5) is 16.2 Å². The first kappa shape index (κ1) is 15.6. The lowest BCUT2D eigenvalue weighted by Gasteiger charge is -2.23. The highest BCUT2D eigenvalue weighted by atomic mass is 32.2. The average molecular weight is 311 g/mol. The van der Waals surface area contributed by atoms with Crippen molar-refractivity contribution in [3.8, 4) is 0 Å². The predicted molar refractivity (Wildman–Crippen MR) is 83.9 cm³/mol. The van der Waals surface area contributed by atoms with Gasteiger partial charge in [0.25, 0.3) is 0 Å². The van der Waals surface area contributed by atoms with Crippen molar-refractivity contribution in [3.05, 3.63) is 24.3 Å². The zero-order valence-electron chi connectivity index (χ0n) is 12.1. The monoisotopic (exact) mass is 311 g/mol. The number of nitrogens with one attached hydrogen (secondary N) is 3. The molecule has 116 valence electrons. The fraction of sp³-hybridized carbons (Fsp3) is 0.500. The molecule has 0 bridgehead atoms. The maximum absolute atomic E-state index is 12.0. The molecule has 0 radical (unpaired) electrons. The second-order valence-corrected chi connectivity index (χ2v) is 7.10. The summed E-state index contributed by atoms with van der Waals surface area (Å²) in [5.41, 5.74) is 0.801. The van der Waals surface area contributed by atoms with Gasteiger partial charge in [-0.15, -0.1) is 0 Å². The Kier molecular flexibility index (Phi) is 5.06. The average Bonchev–Trinajstić information content (AvgIpc) is 2.40. The lowest BCUT2D eigenvalue weighted by molar-refractivity contribution is 0.244. The van der Waals surface area contributed by atoms with E-state index in [2.05, 4.69) is 15.4 Å². The molecule has 2 amide bonds. The van der Waals surface area contributed by atoms with Gasteiger partial charge in [-0.05, 0) is 25.0 Å². The van der Waals surface area contributed by atoms with E-state index in [0.29, 0.717) is 11.4 Å². The minimum Gasteiger partial charge on any atom is -0.335 e. The van der Waals surface area contributed by atoms with Crippen LogP contribution >= 0.6 is 0 Å². The van der Waals surface area contributed by atoms with E-state index in [1.807, 2.05) is 0 Å². The maximum atomic E-state index is 12.0. The third-order valence-electron chi connectivity index (χ3n) is 3.41. The van der Waals surface area contributed by atoms with E-state index >= 15 is 0 Å². The van der Waals surface area contributed by atoms with Crippen LogP contribution in [0.25, 0.3) is 0 Å². The zero-order chi connectivity index (χ0) is 15.3. The lowest BCUT2D eigenvalue weighted by Crippen LogP contribution is -2.39. The van der Waals surface area contributed by atoms with Gasteiger partial charge >= 0.3 is 6.03 Å². The highest BCUT2D eigenvalue weighted by molar-refractivity contribution is 7.92. The third-order valence-corrected chi connectivity index (χ3v) is 4.00. The number of carbonyl (C=O) groups is 1. The summed E-state index contributed by atoms with van der Waals surface area (Å²) in [7, 11) is -3.38. The van der Waals surface area contributed by atoms with Gasteiger partial charge in [0.2, 0.25) is 10.0 Å². The second-order valence-electron chi connectivity index (χ2n) is 5.35. The molecule has 0 atom stereocenters. The minimum absolute atomic E-state index is 0.203. The molecule has 7 heteroatoms. The van der Waals surface area contributed by atoms with Gasteiger partial charge in [-0.25, -0.2) is 13.2 Å². The summed E-state index contributed by atoms with van der Waals surface area (Å²) in [6.45, 7) is 0. The maximum Gasteiger partial charge on any atom is 0.319 e. The van der Waals surface area contributed by atoms with E-state index in [0.717, 1.165) is 31.9 Å². The van der Waals surface area contributed by atoms with Crippen molar-refractivity contribution in [2.24, 2.45) is 0 Å². The number of sulfonamides is 1. The van der Waals surface area contributed by atoms with E-state index in [9.17, 15) is 13.2 Å². The summed E-state index contributed by atoms with van der Waals surface area (Å²) >= 11 is 0. The number of benzene rings is 1. The molecular formula is C14H21N3O3S. The molecule has 6 nitrogen and oxygen atoms in total. The first-order chi connectivity index (χ1) is 9.94. The number of amides is 2. The van der Waals surface area contributed by atoms with Crippen LogP contribution in [0.2, 0.25) is 0 Å². The summed E-state index contributed by atoms with van der Waals surface area (Å²) in [6, 6.07) is 6.62. The zero-order valence-corrected chi connectivity index (χ0v) is 12.9. The Morgan fingerprint density at radius 2 is 1.71 bits per heavy atom. The Morgan fingerprint density at radius 1 is 1.10 bits per heavy atom. The Morgan fingerprint density at radius 3 is 2.33 bits per heavy atom. The molecule has 1 aliphatic carbocycles. The molecule has 1 aromatic carbocycles. The highest BCUT2D eigenvalue weighted by Gasteiger charge is 2.16. The van der Waals surface area contributed by atoms with E-state index in [1.54, 1.807) is 24.3 Å². The fourth-order valence-corrected chi connectivity index (χ4v) is 3.05. The Balaban J connectivity index is 2.00. The molecule has 1 aliphatic rings. The highest BCUT2D eigenvalue weighted by Crippen LogP contribution is 2.22. The number of urea groups is 1. The van der Waals surface area contributed by atoms with E-state index in [4.69, 9.17) is 0 Å². The molecule has 0 spiro atoms. The van der Waals surface area contributed by atoms with Crippen LogP contribution in [0, 0.1) is 0 Å². The normalized spacial score (nSPS) is 16.2. The molecule has 2 rings (SSSR count). The topological polar surface area (TPSA) is 87.3 Å². The van der Waals surface area contributed by atoms with Crippen molar-refractivity contribution in [2.45, 2.75) is 38.1 Å². The van der Waals surface area contributed by atoms with Gasteiger partial charge in [0, 0.05) is 6.04 Å². The van der Waals surface area contributed by atoms with Crippen LogP contribution < -0.4 is 15.4 Å². The summed E-state index contributed by atoms with van der Waals surface area (Å²) < 4.78 is 25.0. The molecule has 1 aromatic rings. The van der Waals surface area contributed by atoms with Gasteiger partial charge in [0.15, 0.2) is 0 Å². The van der Waals surface area contributed by atoms with Crippen molar-refractivity contribution < 1.29 is 13.2 Å². The fourth-order valence-electron chi connectivity index (χ4n) is 2.47. The van der Waals surface area contributed by atoms with Crippen molar-refractivity contribution >= 4 is 27.4 Å². The van der Waals surface area contributed by atoms with Crippen LogP contribution in [0.1, 0.15) is 32.1 Å².